The molecule has 2 heterocycles. The molecule has 3 nitrogen and oxygen atoms in total. The molecule has 0 aliphatic carbocycles. The number of hydrogen-bond acceptors (Lipinski definition) is 3. The number of rotatable bonds is 0. The van der Waals surface area contributed by atoms with E-state index in [1.165, 1.54) is 12.8 Å². The largest absolute Gasteiger partial charge is 0.353 e. The Hall–Kier alpha value is -0.120. The number of likely N-dealkylation sites (N-methyl/N-ethyl adjacent to an activating group) is 1. The molecule has 0 saturated carbocycles. The maximum Gasteiger partial charge on any atom is 0.146 e. The van der Waals surface area contributed by atoms with Gasteiger partial charge in [-0.15, -0.1) is 0 Å². The molecule has 0 radical (unpaired) electrons. The van der Waals surface area contributed by atoms with E-state index < -0.39 is 0 Å². The molecule has 0 amide bonds. The van der Waals surface area contributed by atoms with Crippen molar-refractivity contribution in [3.8, 4) is 0 Å². The Labute approximate surface area is 73.6 Å². The highest BCUT2D eigenvalue weighted by atomic mass is 16.7. The lowest BCUT2D eigenvalue weighted by molar-refractivity contribution is -0.166. The first-order valence-electron chi connectivity index (χ1n) is 4.63. The molecule has 3 heteroatoms. The summed E-state index contributed by atoms with van der Waals surface area (Å²) >= 11 is 0. The van der Waals surface area contributed by atoms with Gasteiger partial charge in [0, 0.05) is 6.04 Å². The summed E-state index contributed by atoms with van der Waals surface area (Å²) in [6, 6.07) is 0.676. The number of nitrogens with zero attached hydrogens (tertiary/aromatic N) is 1. The fraction of sp³-hybridized carbons (Fsp3) is 1.00. The minimum Gasteiger partial charge on any atom is -0.353 e. The lowest BCUT2D eigenvalue weighted by Gasteiger charge is -2.40. The van der Waals surface area contributed by atoms with E-state index in [1.54, 1.807) is 0 Å². The van der Waals surface area contributed by atoms with Gasteiger partial charge >= 0.3 is 0 Å². The summed E-state index contributed by atoms with van der Waals surface area (Å²) in [5.41, 5.74) is 0.192. The van der Waals surface area contributed by atoms with Gasteiger partial charge in [0.05, 0.1) is 18.8 Å². The van der Waals surface area contributed by atoms with E-state index >= 15 is 0 Å². The predicted molar refractivity (Wildman–Crippen MR) is 46.0 cm³/mol. The Morgan fingerprint density at radius 2 is 2.00 bits per heavy atom. The smallest absolute Gasteiger partial charge is 0.146 e. The molecule has 0 bridgehead atoms. The third kappa shape index (κ3) is 1.16. The Morgan fingerprint density at radius 1 is 1.33 bits per heavy atom. The zero-order valence-corrected chi connectivity index (χ0v) is 7.88. The van der Waals surface area contributed by atoms with Crippen molar-refractivity contribution < 1.29 is 9.47 Å². The Bertz CT molecular complexity index is 160. The van der Waals surface area contributed by atoms with Gasteiger partial charge in [0.25, 0.3) is 0 Å². The van der Waals surface area contributed by atoms with Gasteiger partial charge in [0.15, 0.2) is 0 Å². The summed E-state index contributed by atoms with van der Waals surface area (Å²) in [5, 5.41) is 0. The number of ether oxygens (including phenoxy) is 2. The number of hydrogen-bond donors (Lipinski definition) is 0. The van der Waals surface area contributed by atoms with Crippen molar-refractivity contribution in [2.45, 2.75) is 31.3 Å². The Kier molecular flexibility index (Phi) is 2.10. The summed E-state index contributed by atoms with van der Waals surface area (Å²) in [7, 11) is 2.18. The van der Waals surface area contributed by atoms with Crippen LogP contribution < -0.4 is 0 Å². The van der Waals surface area contributed by atoms with Crippen LogP contribution in [0.25, 0.3) is 0 Å². The van der Waals surface area contributed by atoms with Crippen molar-refractivity contribution in [1.82, 2.24) is 4.90 Å². The van der Waals surface area contributed by atoms with E-state index in [9.17, 15) is 0 Å². The maximum atomic E-state index is 5.36. The lowest BCUT2D eigenvalue weighted by atomic mass is 9.98. The zero-order chi connectivity index (χ0) is 8.60. The highest BCUT2D eigenvalue weighted by Gasteiger charge is 2.44. The van der Waals surface area contributed by atoms with Gasteiger partial charge in [0.1, 0.15) is 6.79 Å². The van der Waals surface area contributed by atoms with E-state index in [4.69, 9.17) is 9.47 Å². The summed E-state index contributed by atoms with van der Waals surface area (Å²) in [6.07, 6.45) is 2.48. The minimum absolute atomic E-state index is 0.192. The molecule has 0 aromatic heterocycles. The third-order valence-electron chi connectivity index (χ3n) is 3.34. The molecule has 2 saturated heterocycles. The normalized spacial score (nSPS) is 36.0. The summed E-state index contributed by atoms with van der Waals surface area (Å²) in [6.45, 7) is 4.43. The monoisotopic (exact) mass is 171 g/mol. The topological polar surface area (TPSA) is 21.7 Å². The van der Waals surface area contributed by atoms with Crippen molar-refractivity contribution in [1.29, 1.82) is 0 Å². The second-order valence-corrected chi connectivity index (χ2v) is 4.04. The minimum atomic E-state index is 0.192. The summed E-state index contributed by atoms with van der Waals surface area (Å²) < 4.78 is 10.7. The van der Waals surface area contributed by atoms with Crippen LogP contribution in [0.2, 0.25) is 0 Å². The molecule has 2 aliphatic heterocycles. The first kappa shape index (κ1) is 8.48. The van der Waals surface area contributed by atoms with Crippen LogP contribution in [0.5, 0.6) is 0 Å². The highest BCUT2D eigenvalue weighted by molar-refractivity contribution is 4.98. The van der Waals surface area contributed by atoms with Gasteiger partial charge in [-0.3, -0.25) is 4.90 Å². The molecule has 0 aromatic rings. The van der Waals surface area contributed by atoms with Crippen LogP contribution in [0.3, 0.4) is 0 Å². The van der Waals surface area contributed by atoms with Crippen molar-refractivity contribution in [3.63, 3.8) is 0 Å². The average Bonchev–Trinajstić information content (AvgIpc) is 2.37. The van der Waals surface area contributed by atoms with Gasteiger partial charge in [-0.1, -0.05) is 0 Å². The van der Waals surface area contributed by atoms with Crippen LogP contribution in [0.4, 0.5) is 0 Å². The standard InChI is InChI=1S/C9H17NO2/c1-8-3-4-9(10(8)2)5-11-7-12-6-9/h8H,3-7H2,1-2H3. The van der Waals surface area contributed by atoms with Gasteiger partial charge in [-0.05, 0) is 26.8 Å². The second kappa shape index (κ2) is 2.98. The second-order valence-electron chi connectivity index (χ2n) is 4.04. The fourth-order valence-corrected chi connectivity index (χ4v) is 2.23. The molecule has 1 unspecified atom stereocenters. The van der Waals surface area contributed by atoms with E-state index in [0.717, 1.165) is 13.2 Å². The van der Waals surface area contributed by atoms with Crippen molar-refractivity contribution in [2.24, 2.45) is 0 Å². The molecule has 2 rings (SSSR count). The van der Waals surface area contributed by atoms with Crippen molar-refractivity contribution in [2.75, 3.05) is 27.1 Å². The van der Waals surface area contributed by atoms with E-state index in [0.29, 0.717) is 12.8 Å². The number of likely N-dealkylation sites (tertiary alicyclic amines) is 1. The predicted octanol–water partition coefficient (Wildman–Crippen LogP) is 0.844. The van der Waals surface area contributed by atoms with Crippen LogP contribution in [-0.2, 0) is 9.47 Å². The molecule has 12 heavy (non-hydrogen) atoms. The molecule has 2 fully saturated rings. The molecule has 1 atom stereocenters. The molecular weight excluding hydrogens is 154 g/mol. The van der Waals surface area contributed by atoms with E-state index in [-0.39, 0.29) is 5.54 Å². The summed E-state index contributed by atoms with van der Waals surface area (Å²) in [4.78, 5) is 2.41. The quantitative estimate of drug-likeness (QED) is 0.539. The average molecular weight is 171 g/mol. The van der Waals surface area contributed by atoms with Crippen LogP contribution in [0.1, 0.15) is 19.8 Å². The Balaban J connectivity index is 2.09. The van der Waals surface area contributed by atoms with Gasteiger partial charge in [0.2, 0.25) is 0 Å². The van der Waals surface area contributed by atoms with Crippen LogP contribution in [0.15, 0.2) is 0 Å². The highest BCUT2D eigenvalue weighted by Crippen LogP contribution is 2.34. The molecule has 2 aliphatic rings. The van der Waals surface area contributed by atoms with Crippen LogP contribution in [0, 0.1) is 0 Å². The van der Waals surface area contributed by atoms with E-state index in [2.05, 4.69) is 18.9 Å². The van der Waals surface area contributed by atoms with Gasteiger partial charge in [-0.2, -0.15) is 0 Å². The van der Waals surface area contributed by atoms with Crippen molar-refractivity contribution in [3.05, 3.63) is 0 Å². The molecular formula is C9H17NO2. The third-order valence-corrected chi connectivity index (χ3v) is 3.34. The summed E-state index contributed by atoms with van der Waals surface area (Å²) in [5.74, 6) is 0. The molecule has 0 aromatic carbocycles. The van der Waals surface area contributed by atoms with Crippen LogP contribution in [-0.4, -0.2) is 43.5 Å². The fourth-order valence-electron chi connectivity index (χ4n) is 2.23. The van der Waals surface area contributed by atoms with E-state index in [1.807, 2.05) is 0 Å². The Morgan fingerprint density at radius 3 is 2.50 bits per heavy atom. The lowest BCUT2D eigenvalue weighted by Crippen LogP contribution is -2.53. The first-order chi connectivity index (χ1) is 5.75. The SMILES string of the molecule is CC1CCC2(COCOC2)N1C. The van der Waals surface area contributed by atoms with Crippen LogP contribution >= 0.6 is 0 Å². The van der Waals surface area contributed by atoms with Gasteiger partial charge < -0.3 is 9.47 Å². The first-order valence-corrected chi connectivity index (χ1v) is 4.63. The van der Waals surface area contributed by atoms with Crippen molar-refractivity contribution >= 4 is 0 Å². The van der Waals surface area contributed by atoms with Gasteiger partial charge in [-0.25, -0.2) is 0 Å². The maximum absolute atomic E-state index is 5.36. The molecule has 70 valence electrons. The molecule has 0 N–H and O–H groups in total. The zero-order valence-electron chi connectivity index (χ0n) is 7.88. The molecule has 1 spiro atoms.